The summed E-state index contributed by atoms with van der Waals surface area (Å²) in [7, 11) is 0. The molecule has 7 nitrogen and oxygen atoms in total. The highest BCUT2D eigenvalue weighted by Crippen LogP contribution is 2.44. The summed E-state index contributed by atoms with van der Waals surface area (Å²) < 4.78 is 19.4. The summed E-state index contributed by atoms with van der Waals surface area (Å²) in [6, 6.07) is 17.9. The van der Waals surface area contributed by atoms with E-state index in [1.807, 2.05) is 48.5 Å². The van der Waals surface area contributed by atoms with Crippen LogP contribution in [-0.2, 0) is 9.53 Å². The van der Waals surface area contributed by atoms with E-state index in [-0.39, 0.29) is 23.8 Å². The number of carbonyl (C=O) groups excluding carboxylic acids is 2. The fraction of sp³-hybridized carbons (Fsp3) is 0.222. The van der Waals surface area contributed by atoms with Gasteiger partial charge >= 0.3 is 12.1 Å². The van der Waals surface area contributed by atoms with Crippen molar-refractivity contribution < 1.29 is 28.6 Å². The monoisotopic (exact) mass is 476 g/mol. The number of ether oxygens (including phenoxy) is 1. The van der Waals surface area contributed by atoms with Gasteiger partial charge in [-0.3, -0.25) is 10.1 Å². The smallest absolute Gasteiger partial charge is 0.411 e. The third kappa shape index (κ3) is 5.01. The van der Waals surface area contributed by atoms with Crippen LogP contribution in [0.15, 0.2) is 66.7 Å². The summed E-state index contributed by atoms with van der Waals surface area (Å²) in [5.41, 5.74) is 4.09. The standard InChI is InChI=1S/C27H25FN2O5/c1-15(2)24(26(32)33)30-25(31)21-13-16(28)11-12-23(21)29-27(34)35-14-22-19-9-5-3-7-17(19)18-8-4-6-10-20(18)22/h3-13,15,22,24H,14H2,1-2H3,(H,29,34)(H,30,31)(H,32,33). The number of carboxylic acids is 1. The molecule has 3 aromatic carbocycles. The van der Waals surface area contributed by atoms with Crippen LogP contribution in [-0.4, -0.2) is 35.7 Å². The van der Waals surface area contributed by atoms with Gasteiger partial charge in [0.2, 0.25) is 0 Å². The SMILES string of the molecule is CC(C)C(NC(=O)c1cc(F)ccc1NC(=O)OCC1c2ccccc2-c2ccccc21)C(=O)O. The second-order valence-electron chi connectivity index (χ2n) is 8.67. The zero-order valence-corrected chi connectivity index (χ0v) is 19.2. The molecule has 0 aromatic heterocycles. The molecule has 0 bridgehead atoms. The van der Waals surface area contributed by atoms with Crippen molar-refractivity contribution in [1.82, 2.24) is 5.32 Å². The van der Waals surface area contributed by atoms with Crippen molar-refractivity contribution in [2.24, 2.45) is 5.92 Å². The van der Waals surface area contributed by atoms with Crippen molar-refractivity contribution >= 4 is 23.7 Å². The Morgan fingerprint density at radius 3 is 2.14 bits per heavy atom. The third-order valence-electron chi connectivity index (χ3n) is 6.03. The summed E-state index contributed by atoms with van der Waals surface area (Å²) in [6.45, 7) is 3.35. The number of benzene rings is 3. The van der Waals surface area contributed by atoms with Crippen molar-refractivity contribution in [3.05, 3.63) is 89.2 Å². The van der Waals surface area contributed by atoms with Gasteiger partial charge in [0, 0.05) is 5.92 Å². The highest BCUT2D eigenvalue weighted by molar-refractivity contribution is 6.04. The third-order valence-corrected chi connectivity index (χ3v) is 6.03. The predicted molar refractivity (Wildman–Crippen MR) is 129 cm³/mol. The molecule has 0 saturated heterocycles. The fourth-order valence-corrected chi connectivity index (χ4v) is 4.29. The summed E-state index contributed by atoms with van der Waals surface area (Å²) in [4.78, 5) is 36.8. The van der Waals surface area contributed by atoms with Gasteiger partial charge in [0.1, 0.15) is 18.5 Å². The van der Waals surface area contributed by atoms with Crippen molar-refractivity contribution in [2.45, 2.75) is 25.8 Å². The van der Waals surface area contributed by atoms with Crippen LogP contribution in [0.5, 0.6) is 0 Å². The van der Waals surface area contributed by atoms with Gasteiger partial charge in [-0.05, 0) is 46.4 Å². The van der Waals surface area contributed by atoms with Crippen LogP contribution in [0.4, 0.5) is 14.9 Å². The zero-order valence-electron chi connectivity index (χ0n) is 19.2. The number of halogens is 1. The first kappa shape index (κ1) is 23.9. The van der Waals surface area contributed by atoms with Crippen molar-refractivity contribution in [2.75, 3.05) is 11.9 Å². The average Bonchev–Trinajstić information content (AvgIpc) is 3.15. The Bertz CT molecular complexity index is 1240. The van der Waals surface area contributed by atoms with Gasteiger partial charge in [0.25, 0.3) is 5.91 Å². The van der Waals surface area contributed by atoms with E-state index in [0.29, 0.717) is 0 Å². The van der Waals surface area contributed by atoms with Crippen LogP contribution >= 0.6 is 0 Å². The normalized spacial score (nSPS) is 13.0. The molecule has 1 aliphatic carbocycles. The molecule has 1 aliphatic rings. The molecule has 0 heterocycles. The molecular formula is C27H25FN2O5. The van der Waals surface area contributed by atoms with Gasteiger partial charge in [0.15, 0.2) is 0 Å². The minimum Gasteiger partial charge on any atom is -0.480 e. The van der Waals surface area contributed by atoms with Crippen LogP contribution in [0.1, 0.15) is 41.3 Å². The number of aliphatic carboxylic acids is 1. The molecular weight excluding hydrogens is 451 g/mol. The van der Waals surface area contributed by atoms with Gasteiger partial charge in [0.05, 0.1) is 11.3 Å². The molecule has 8 heteroatoms. The largest absolute Gasteiger partial charge is 0.480 e. The van der Waals surface area contributed by atoms with Crippen molar-refractivity contribution in [3.63, 3.8) is 0 Å². The van der Waals surface area contributed by atoms with E-state index in [2.05, 4.69) is 10.6 Å². The number of nitrogens with one attached hydrogen (secondary N) is 2. The second kappa shape index (κ2) is 9.97. The van der Waals surface area contributed by atoms with Gasteiger partial charge in [-0.25, -0.2) is 14.0 Å². The summed E-state index contributed by atoms with van der Waals surface area (Å²) in [5.74, 6) is -3.28. The van der Waals surface area contributed by atoms with E-state index in [4.69, 9.17) is 4.74 Å². The van der Waals surface area contributed by atoms with Crippen molar-refractivity contribution in [3.8, 4) is 11.1 Å². The Morgan fingerprint density at radius 2 is 1.57 bits per heavy atom. The van der Waals surface area contributed by atoms with E-state index in [9.17, 15) is 23.9 Å². The molecule has 1 unspecified atom stereocenters. The van der Waals surface area contributed by atoms with E-state index in [1.54, 1.807) is 13.8 Å². The maximum atomic E-state index is 13.9. The fourth-order valence-electron chi connectivity index (χ4n) is 4.29. The van der Waals surface area contributed by atoms with E-state index >= 15 is 0 Å². The first-order valence-electron chi connectivity index (χ1n) is 11.2. The Morgan fingerprint density at radius 1 is 0.971 bits per heavy atom. The Balaban J connectivity index is 1.49. The minimum atomic E-state index is -1.21. The van der Waals surface area contributed by atoms with Gasteiger partial charge in [-0.2, -0.15) is 0 Å². The molecule has 0 radical (unpaired) electrons. The number of anilines is 1. The molecule has 0 spiro atoms. The van der Waals surface area contributed by atoms with Crippen LogP contribution in [0, 0.1) is 11.7 Å². The van der Waals surface area contributed by atoms with E-state index in [1.165, 1.54) is 6.07 Å². The van der Waals surface area contributed by atoms with Crippen molar-refractivity contribution in [1.29, 1.82) is 0 Å². The second-order valence-corrected chi connectivity index (χ2v) is 8.67. The lowest BCUT2D eigenvalue weighted by molar-refractivity contribution is -0.140. The zero-order chi connectivity index (χ0) is 25.1. The highest BCUT2D eigenvalue weighted by atomic mass is 19.1. The maximum absolute atomic E-state index is 13.9. The number of carbonyl (C=O) groups is 3. The first-order valence-corrected chi connectivity index (χ1v) is 11.2. The number of carboxylic acid groups (broad SMARTS) is 1. The molecule has 0 fully saturated rings. The topological polar surface area (TPSA) is 105 Å². The lowest BCUT2D eigenvalue weighted by Crippen LogP contribution is -2.44. The van der Waals surface area contributed by atoms with Crippen LogP contribution < -0.4 is 10.6 Å². The number of hydrogen-bond acceptors (Lipinski definition) is 4. The molecule has 35 heavy (non-hydrogen) atoms. The molecule has 180 valence electrons. The first-order chi connectivity index (χ1) is 16.8. The maximum Gasteiger partial charge on any atom is 0.411 e. The lowest BCUT2D eigenvalue weighted by Gasteiger charge is -2.19. The number of hydrogen-bond donors (Lipinski definition) is 3. The molecule has 2 amide bonds. The van der Waals surface area contributed by atoms with Gasteiger partial charge in [-0.1, -0.05) is 62.4 Å². The van der Waals surface area contributed by atoms with Crippen LogP contribution in [0.2, 0.25) is 0 Å². The number of rotatable bonds is 7. The summed E-state index contributed by atoms with van der Waals surface area (Å²) in [6.07, 6.45) is -0.814. The molecule has 3 N–H and O–H groups in total. The molecule has 0 aliphatic heterocycles. The lowest BCUT2D eigenvalue weighted by atomic mass is 9.98. The molecule has 3 aromatic rings. The van der Waals surface area contributed by atoms with Crippen LogP contribution in [0.3, 0.4) is 0 Å². The van der Waals surface area contributed by atoms with Gasteiger partial charge in [-0.15, -0.1) is 0 Å². The molecule has 4 rings (SSSR count). The Kier molecular flexibility index (Phi) is 6.82. The average molecular weight is 477 g/mol. The number of fused-ring (bicyclic) bond motifs is 3. The summed E-state index contributed by atoms with van der Waals surface area (Å²) >= 11 is 0. The molecule has 1 atom stereocenters. The number of amides is 2. The minimum absolute atomic E-state index is 0.00835. The quantitative estimate of drug-likeness (QED) is 0.444. The van der Waals surface area contributed by atoms with E-state index in [0.717, 1.165) is 34.4 Å². The van der Waals surface area contributed by atoms with E-state index < -0.39 is 35.7 Å². The summed E-state index contributed by atoms with van der Waals surface area (Å²) in [5, 5.41) is 14.2. The Hall–Kier alpha value is -4.20. The highest BCUT2D eigenvalue weighted by Gasteiger charge is 2.29. The molecule has 0 saturated carbocycles. The van der Waals surface area contributed by atoms with Gasteiger partial charge < -0.3 is 15.2 Å². The van der Waals surface area contributed by atoms with Crippen LogP contribution in [0.25, 0.3) is 11.1 Å². The Labute approximate surface area is 201 Å². The predicted octanol–water partition coefficient (Wildman–Crippen LogP) is 5.03.